The first-order valence-electron chi connectivity index (χ1n) is 7.59. The molecule has 4 heteroatoms. The van der Waals surface area contributed by atoms with E-state index < -0.39 is 0 Å². The zero-order valence-corrected chi connectivity index (χ0v) is 12.7. The Balaban J connectivity index is 1.89. The number of nitrogens with one attached hydrogen (secondary N) is 1. The van der Waals surface area contributed by atoms with Crippen LogP contribution in [0.25, 0.3) is 0 Å². The van der Waals surface area contributed by atoms with Gasteiger partial charge in [-0.15, -0.1) is 0 Å². The normalized spacial score (nSPS) is 21.8. The predicted octanol–water partition coefficient (Wildman–Crippen LogP) is 3.42. The summed E-state index contributed by atoms with van der Waals surface area (Å²) in [6, 6.07) is 7.03. The maximum absolute atomic E-state index is 12.0. The van der Waals surface area contributed by atoms with Gasteiger partial charge in [-0.25, -0.2) is 0 Å². The number of carbonyl (C=O) groups is 2. The van der Waals surface area contributed by atoms with Crippen molar-refractivity contribution in [2.45, 2.75) is 45.6 Å². The monoisotopic (exact) mass is 289 g/mol. The third kappa shape index (κ3) is 4.39. The van der Waals surface area contributed by atoms with Crippen molar-refractivity contribution in [1.29, 1.82) is 0 Å². The van der Waals surface area contributed by atoms with Crippen LogP contribution >= 0.6 is 0 Å². The van der Waals surface area contributed by atoms with Crippen LogP contribution in [0.5, 0.6) is 0 Å². The minimum atomic E-state index is -0.207. The van der Waals surface area contributed by atoms with E-state index in [2.05, 4.69) is 12.2 Å². The Bertz CT molecular complexity index is 513. The third-order valence-corrected chi connectivity index (χ3v) is 4.04. The number of ketones is 1. The van der Waals surface area contributed by atoms with Gasteiger partial charge in [-0.3, -0.25) is 9.59 Å². The van der Waals surface area contributed by atoms with Crippen LogP contribution in [0.3, 0.4) is 0 Å². The average Bonchev–Trinajstić information content (AvgIpc) is 2.47. The third-order valence-electron chi connectivity index (χ3n) is 4.04. The molecular weight excluding hydrogens is 266 g/mol. The fourth-order valence-corrected chi connectivity index (χ4v) is 2.80. The van der Waals surface area contributed by atoms with Gasteiger partial charge in [0.15, 0.2) is 5.78 Å². The summed E-state index contributed by atoms with van der Waals surface area (Å²) in [6.07, 6.45) is 4.79. The molecule has 21 heavy (non-hydrogen) atoms. The second-order valence-electron chi connectivity index (χ2n) is 5.76. The van der Waals surface area contributed by atoms with Gasteiger partial charge in [0.05, 0.1) is 11.8 Å². The predicted molar refractivity (Wildman–Crippen MR) is 82.4 cm³/mol. The molecule has 1 aliphatic rings. The summed E-state index contributed by atoms with van der Waals surface area (Å²) < 4.78 is 5.73. The number of hydrogen-bond donors (Lipinski definition) is 1. The Labute approximate surface area is 125 Å². The molecule has 1 N–H and O–H groups in total. The molecule has 1 fully saturated rings. The first-order chi connectivity index (χ1) is 10.1. The van der Waals surface area contributed by atoms with Crippen molar-refractivity contribution < 1.29 is 14.3 Å². The lowest BCUT2D eigenvalue weighted by molar-refractivity contribution is -0.124. The zero-order chi connectivity index (χ0) is 15.2. The Morgan fingerprint density at radius 2 is 1.95 bits per heavy atom. The molecule has 0 radical (unpaired) electrons. The van der Waals surface area contributed by atoms with Gasteiger partial charge in [-0.1, -0.05) is 31.9 Å². The van der Waals surface area contributed by atoms with Gasteiger partial charge in [0.25, 0.3) is 0 Å². The molecule has 1 amide bonds. The lowest BCUT2D eigenvalue weighted by Gasteiger charge is -2.28. The van der Waals surface area contributed by atoms with E-state index in [1.807, 2.05) is 0 Å². The molecule has 114 valence electrons. The molecule has 1 aliphatic carbocycles. The summed E-state index contributed by atoms with van der Waals surface area (Å²) in [5.41, 5.74) is 1.08. The number of Topliss-reactive ketones (excluding diaryl/α,β-unsaturated/α-hetero) is 1. The molecule has 0 bridgehead atoms. The van der Waals surface area contributed by atoms with Gasteiger partial charge in [-0.2, -0.15) is 0 Å². The number of hydrogen-bond acceptors (Lipinski definition) is 3. The second kappa shape index (κ2) is 7.36. The Morgan fingerprint density at radius 1 is 1.24 bits per heavy atom. The quantitative estimate of drug-likeness (QED) is 0.845. The second-order valence-corrected chi connectivity index (χ2v) is 5.76. The van der Waals surface area contributed by atoms with Crippen LogP contribution < -0.4 is 5.32 Å². The van der Waals surface area contributed by atoms with E-state index in [-0.39, 0.29) is 24.4 Å². The van der Waals surface area contributed by atoms with Gasteiger partial charge in [0, 0.05) is 5.56 Å². The van der Waals surface area contributed by atoms with E-state index in [0.717, 1.165) is 6.42 Å². The molecule has 0 heterocycles. The number of rotatable bonds is 5. The number of para-hydroxylation sites is 1. The molecule has 2 rings (SSSR count). The lowest BCUT2D eigenvalue weighted by Crippen LogP contribution is -2.30. The van der Waals surface area contributed by atoms with Crippen LogP contribution in [0.15, 0.2) is 24.3 Å². The molecule has 1 saturated carbocycles. The van der Waals surface area contributed by atoms with E-state index in [0.29, 0.717) is 17.2 Å². The van der Waals surface area contributed by atoms with Crippen molar-refractivity contribution >= 4 is 17.4 Å². The number of ether oxygens (including phenoxy) is 1. The number of benzene rings is 1. The standard InChI is InChI=1S/C17H23NO3/c1-12-7-3-6-10-16(12)21-11-17(20)18-15-9-5-4-8-14(15)13(2)19/h4-5,8-9,12,16H,3,6-7,10-11H2,1-2H3,(H,18,20). The summed E-state index contributed by atoms with van der Waals surface area (Å²) >= 11 is 0. The summed E-state index contributed by atoms with van der Waals surface area (Å²) in [6.45, 7) is 3.71. The summed E-state index contributed by atoms with van der Waals surface area (Å²) in [4.78, 5) is 23.5. The molecule has 0 aromatic heterocycles. The highest BCUT2D eigenvalue weighted by molar-refractivity contribution is 6.03. The first kappa shape index (κ1) is 15.7. The van der Waals surface area contributed by atoms with Gasteiger partial charge in [-0.05, 0) is 37.8 Å². The highest BCUT2D eigenvalue weighted by Crippen LogP contribution is 2.26. The highest BCUT2D eigenvalue weighted by Gasteiger charge is 2.22. The molecule has 1 aromatic rings. The Morgan fingerprint density at radius 3 is 2.67 bits per heavy atom. The molecule has 2 atom stereocenters. The summed E-state index contributed by atoms with van der Waals surface area (Å²) in [7, 11) is 0. The van der Waals surface area contributed by atoms with Crippen molar-refractivity contribution in [3.63, 3.8) is 0 Å². The maximum atomic E-state index is 12.0. The van der Waals surface area contributed by atoms with E-state index >= 15 is 0 Å². The van der Waals surface area contributed by atoms with Crippen molar-refractivity contribution in [3.05, 3.63) is 29.8 Å². The van der Waals surface area contributed by atoms with Crippen LogP contribution in [0, 0.1) is 5.92 Å². The maximum Gasteiger partial charge on any atom is 0.250 e. The van der Waals surface area contributed by atoms with Gasteiger partial charge < -0.3 is 10.1 Å². The van der Waals surface area contributed by atoms with Crippen LogP contribution in [0.1, 0.15) is 49.9 Å². The van der Waals surface area contributed by atoms with Crippen LogP contribution in [-0.4, -0.2) is 24.4 Å². The molecule has 0 spiro atoms. The first-order valence-corrected chi connectivity index (χ1v) is 7.59. The Kier molecular flexibility index (Phi) is 5.51. The molecule has 2 unspecified atom stereocenters. The van der Waals surface area contributed by atoms with Gasteiger partial charge in [0.2, 0.25) is 5.91 Å². The van der Waals surface area contributed by atoms with Crippen molar-refractivity contribution in [1.82, 2.24) is 0 Å². The van der Waals surface area contributed by atoms with Gasteiger partial charge >= 0.3 is 0 Å². The molecule has 0 saturated heterocycles. The molecular formula is C17H23NO3. The fraction of sp³-hybridized carbons (Fsp3) is 0.529. The lowest BCUT2D eigenvalue weighted by atomic mass is 9.88. The highest BCUT2D eigenvalue weighted by atomic mass is 16.5. The van der Waals surface area contributed by atoms with E-state index in [4.69, 9.17) is 4.74 Å². The van der Waals surface area contributed by atoms with Crippen molar-refractivity contribution in [3.8, 4) is 0 Å². The van der Waals surface area contributed by atoms with Crippen molar-refractivity contribution in [2.24, 2.45) is 5.92 Å². The zero-order valence-electron chi connectivity index (χ0n) is 12.7. The van der Waals surface area contributed by atoms with E-state index in [1.165, 1.54) is 26.2 Å². The smallest absolute Gasteiger partial charge is 0.250 e. The largest absolute Gasteiger partial charge is 0.368 e. The SMILES string of the molecule is CC(=O)c1ccccc1NC(=O)COC1CCCCC1C. The summed E-state index contributed by atoms with van der Waals surface area (Å²) in [5, 5.41) is 2.76. The minimum Gasteiger partial charge on any atom is -0.368 e. The molecule has 1 aromatic carbocycles. The number of carbonyl (C=O) groups excluding carboxylic acids is 2. The summed E-state index contributed by atoms with van der Waals surface area (Å²) in [5.74, 6) is 0.241. The minimum absolute atomic E-state index is 0.0429. The molecule has 0 aliphatic heterocycles. The van der Waals surface area contributed by atoms with Crippen LogP contribution in [-0.2, 0) is 9.53 Å². The van der Waals surface area contributed by atoms with Crippen LogP contribution in [0.4, 0.5) is 5.69 Å². The topological polar surface area (TPSA) is 55.4 Å². The van der Waals surface area contributed by atoms with Crippen molar-refractivity contribution in [2.75, 3.05) is 11.9 Å². The van der Waals surface area contributed by atoms with E-state index in [1.54, 1.807) is 24.3 Å². The number of amides is 1. The number of anilines is 1. The van der Waals surface area contributed by atoms with Crippen LogP contribution in [0.2, 0.25) is 0 Å². The average molecular weight is 289 g/mol. The van der Waals surface area contributed by atoms with Gasteiger partial charge in [0.1, 0.15) is 6.61 Å². The Hall–Kier alpha value is -1.68. The van der Waals surface area contributed by atoms with E-state index in [9.17, 15) is 9.59 Å². The fourth-order valence-electron chi connectivity index (χ4n) is 2.80. The molecule has 4 nitrogen and oxygen atoms in total.